The fourth-order valence-electron chi connectivity index (χ4n) is 2.68. The highest BCUT2D eigenvalue weighted by Gasteiger charge is 2.17. The van der Waals surface area contributed by atoms with E-state index in [1.807, 2.05) is 12.1 Å². The average Bonchev–Trinajstić information content (AvgIpc) is 2.53. The second kappa shape index (κ2) is 7.72. The van der Waals surface area contributed by atoms with E-state index in [9.17, 15) is 0 Å². The van der Waals surface area contributed by atoms with E-state index in [0.29, 0.717) is 29.9 Å². The lowest BCUT2D eigenvalue weighted by molar-refractivity contribution is 0.270. The molecule has 1 saturated heterocycles. The lowest BCUT2D eigenvalue weighted by Crippen LogP contribution is -2.43. The molecule has 0 aromatic heterocycles. The maximum absolute atomic E-state index is 6.14. The van der Waals surface area contributed by atoms with Crippen LogP contribution in [-0.4, -0.2) is 38.2 Å². The zero-order chi connectivity index (χ0) is 16.1. The van der Waals surface area contributed by atoms with Crippen LogP contribution >= 0.6 is 15.9 Å². The molecule has 2 rings (SSSR count). The molecule has 1 unspecified atom stereocenters. The molecule has 22 heavy (non-hydrogen) atoms. The van der Waals surface area contributed by atoms with E-state index in [2.05, 4.69) is 32.7 Å². The van der Waals surface area contributed by atoms with Crippen LogP contribution < -0.4 is 15.2 Å². The average molecular weight is 370 g/mol. The monoisotopic (exact) mass is 369 g/mol. The molecule has 6 heteroatoms. The maximum Gasteiger partial charge on any atom is 0.191 e. The van der Waals surface area contributed by atoms with Gasteiger partial charge in [0.05, 0.1) is 20.8 Å². The highest BCUT2D eigenvalue weighted by molar-refractivity contribution is 9.10. The van der Waals surface area contributed by atoms with Gasteiger partial charge in [0.2, 0.25) is 0 Å². The summed E-state index contributed by atoms with van der Waals surface area (Å²) in [4.78, 5) is 6.71. The molecule has 1 aromatic rings. The fraction of sp³-hybridized carbons (Fsp3) is 0.562. The van der Waals surface area contributed by atoms with Crippen LogP contribution in [0.3, 0.4) is 0 Å². The predicted octanol–water partition coefficient (Wildman–Crippen LogP) is 3.01. The summed E-state index contributed by atoms with van der Waals surface area (Å²) in [5, 5.41) is 0. The molecule has 2 N–H and O–H groups in total. The first-order valence-electron chi connectivity index (χ1n) is 7.50. The highest BCUT2D eigenvalue weighted by Crippen LogP contribution is 2.33. The van der Waals surface area contributed by atoms with Crippen molar-refractivity contribution in [3.8, 4) is 11.5 Å². The molecule has 1 fully saturated rings. The Bertz CT molecular complexity index is 548. The van der Waals surface area contributed by atoms with Crippen LogP contribution in [0, 0.1) is 5.92 Å². The molecule has 0 aliphatic carbocycles. The Morgan fingerprint density at radius 2 is 2.05 bits per heavy atom. The lowest BCUT2D eigenvalue weighted by atomic mass is 10.0. The SMILES string of the molecule is COc1cc(Br)c(CN=C(N)N2CCCC(C)C2)cc1OC. The van der Waals surface area contributed by atoms with Gasteiger partial charge in [-0.05, 0) is 36.5 Å². The van der Waals surface area contributed by atoms with Gasteiger partial charge in [-0.2, -0.15) is 0 Å². The standard InChI is InChI=1S/C16H24BrN3O2/c1-11-5-4-6-20(10-11)16(18)19-9-12-7-14(21-2)15(22-3)8-13(12)17/h7-8,11H,4-6,9-10H2,1-3H3,(H2,18,19). The van der Waals surface area contributed by atoms with Crippen molar-refractivity contribution in [3.63, 3.8) is 0 Å². The summed E-state index contributed by atoms with van der Waals surface area (Å²) >= 11 is 3.55. The molecular weight excluding hydrogens is 346 g/mol. The first-order valence-corrected chi connectivity index (χ1v) is 8.29. The van der Waals surface area contributed by atoms with Gasteiger partial charge >= 0.3 is 0 Å². The number of likely N-dealkylation sites (tertiary alicyclic amines) is 1. The van der Waals surface area contributed by atoms with Crippen LogP contribution in [0.15, 0.2) is 21.6 Å². The predicted molar refractivity (Wildman–Crippen MR) is 92.5 cm³/mol. The Morgan fingerprint density at radius 1 is 1.36 bits per heavy atom. The highest BCUT2D eigenvalue weighted by atomic mass is 79.9. The largest absolute Gasteiger partial charge is 0.493 e. The van der Waals surface area contributed by atoms with Crippen molar-refractivity contribution in [3.05, 3.63) is 22.2 Å². The topological polar surface area (TPSA) is 60.1 Å². The Hall–Kier alpha value is -1.43. The van der Waals surface area contributed by atoms with Gasteiger partial charge in [-0.15, -0.1) is 0 Å². The molecule has 0 amide bonds. The van der Waals surface area contributed by atoms with Crippen molar-refractivity contribution in [2.45, 2.75) is 26.3 Å². The smallest absolute Gasteiger partial charge is 0.191 e. The van der Waals surface area contributed by atoms with Gasteiger partial charge in [0.15, 0.2) is 17.5 Å². The summed E-state index contributed by atoms with van der Waals surface area (Å²) in [6, 6.07) is 3.82. The Labute approximate surface area is 140 Å². The van der Waals surface area contributed by atoms with E-state index in [-0.39, 0.29) is 0 Å². The third-order valence-corrected chi connectivity index (χ3v) is 4.68. The number of methoxy groups -OCH3 is 2. The van der Waals surface area contributed by atoms with E-state index in [0.717, 1.165) is 23.1 Å². The number of ether oxygens (including phenoxy) is 2. The molecular formula is C16H24BrN3O2. The molecule has 5 nitrogen and oxygen atoms in total. The Morgan fingerprint density at radius 3 is 2.68 bits per heavy atom. The van der Waals surface area contributed by atoms with E-state index in [1.54, 1.807) is 14.2 Å². The number of nitrogens with zero attached hydrogens (tertiary/aromatic N) is 2. The molecule has 1 aliphatic rings. The number of rotatable bonds is 4. The van der Waals surface area contributed by atoms with E-state index in [1.165, 1.54) is 12.8 Å². The van der Waals surface area contributed by atoms with Crippen LogP contribution in [0.2, 0.25) is 0 Å². The molecule has 0 bridgehead atoms. The molecule has 1 aliphatic heterocycles. The summed E-state index contributed by atoms with van der Waals surface area (Å²) in [7, 11) is 3.25. The van der Waals surface area contributed by atoms with Crippen LogP contribution in [0.4, 0.5) is 0 Å². The van der Waals surface area contributed by atoms with E-state index < -0.39 is 0 Å². The van der Waals surface area contributed by atoms with Gasteiger partial charge in [-0.1, -0.05) is 22.9 Å². The number of aliphatic imine (C=N–C) groups is 1. The zero-order valence-corrected chi connectivity index (χ0v) is 15.0. The summed E-state index contributed by atoms with van der Waals surface area (Å²) in [6.45, 7) is 4.75. The van der Waals surface area contributed by atoms with Crippen molar-refractivity contribution in [2.24, 2.45) is 16.6 Å². The van der Waals surface area contributed by atoms with Gasteiger partial charge < -0.3 is 20.1 Å². The number of nitrogens with two attached hydrogens (primary N) is 1. The van der Waals surface area contributed by atoms with Crippen molar-refractivity contribution < 1.29 is 9.47 Å². The number of hydrogen-bond acceptors (Lipinski definition) is 3. The van der Waals surface area contributed by atoms with Gasteiger partial charge in [0, 0.05) is 17.6 Å². The number of guanidine groups is 1. The number of benzene rings is 1. The lowest BCUT2D eigenvalue weighted by Gasteiger charge is -2.31. The Balaban J connectivity index is 2.11. The molecule has 0 spiro atoms. The first kappa shape index (κ1) is 16.9. The van der Waals surface area contributed by atoms with Crippen molar-refractivity contribution in [2.75, 3.05) is 27.3 Å². The van der Waals surface area contributed by atoms with Crippen LogP contribution in [-0.2, 0) is 6.54 Å². The molecule has 1 aromatic carbocycles. The fourth-order valence-corrected chi connectivity index (χ4v) is 3.13. The second-order valence-electron chi connectivity index (χ2n) is 5.67. The minimum atomic E-state index is 0.512. The minimum Gasteiger partial charge on any atom is -0.493 e. The number of hydrogen-bond donors (Lipinski definition) is 1. The van der Waals surface area contributed by atoms with Gasteiger partial charge in [-0.25, -0.2) is 4.99 Å². The van der Waals surface area contributed by atoms with Gasteiger partial charge in [-0.3, -0.25) is 0 Å². The second-order valence-corrected chi connectivity index (χ2v) is 6.52. The normalized spacial score (nSPS) is 19.2. The summed E-state index contributed by atoms with van der Waals surface area (Å²) in [5.74, 6) is 2.68. The Kier molecular flexibility index (Phi) is 5.94. The van der Waals surface area contributed by atoms with E-state index >= 15 is 0 Å². The van der Waals surface area contributed by atoms with Crippen molar-refractivity contribution in [1.29, 1.82) is 0 Å². The van der Waals surface area contributed by atoms with Gasteiger partial charge in [0.25, 0.3) is 0 Å². The summed E-state index contributed by atoms with van der Waals surface area (Å²) in [6.07, 6.45) is 2.45. The van der Waals surface area contributed by atoms with Crippen molar-refractivity contribution in [1.82, 2.24) is 4.90 Å². The third kappa shape index (κ3) is 4.06. The number of halogens is 1. The van der Waals surface area contributed by atoms with Crippen LogP contribution in [0.5, 0.6) is 11.5 Å². The van der Waals surface area contributed by atoms with Crippen LogP contribution in [0.25, 0.3) is 0 Å². The molecule has 0 saturated carbocycles. The molecule has 1 atom stereocenters. The quantitative estimate of drug-likeness (QED) is 0.654. The third-order valence-electron chi connectivity index (χ3n) is 3.94. The zero-order valence-electron chi connectivity index (χ0n) is 13.4. The maximum atomic E-state index is 6.14. The summed E-state index contributed by atoms with van der Waals surface area (Å²) in [5.41, 5.74) is 7.16. The van der Waals surface area contributed by atoms with Crippen LogP contribution in [0.1, 0.15) is 25.3 Å². The van der Waals surface area contributed by atoms with Gasteiger partial charge in [0.1, 0.15) is 0 Å². The molecule has 0 radical (unpaired) electrons. The number of piperidine rings is 1. The van der Waals surface area contributed by atoms with Crippen molar-refractivity contribution >= 4 is 21.9 Å². The minimum absolute atomic E-state index is 0.512. The first-order chi connectivity index (χ1) is 10.5. The molecule has 1 heterocycles. The van der Waals surface area contributed by atoms with E-state index in [4.69, 9.17) is 15.2 Å². The molecule has 122 valence electrons. The summed E-state index contributed by atoms with van der Waals surface area (Å²) < 4.78 is 11.6.